The van der Waals surface area contributed by atoms with Crippen molar-refractivity contribution in [1.29, 1.82) is 0 Å². The van der Waals surface area contributed by atoms with E-state index in [-0.39, 0.29) is 17.6 Å². The smallest absolute Gasteiger partial charge is 0.294 e. The van der Waals surface area contributed by atoms with Gasteiger partial charge in [-0.05, 0) is 75.8 Å². The fourth-order valence-electron chi connectivity index (χ4n) is 5.76. The minimum Gasteiger partial charge on any atom is -0.346 e. The fourth-order valence-corrected chi connectivity index (χ4v) is 5.76. The zero-order chi connectivity index (χ0) is 26.0. The first-order valence-electron chi connectivity index (χ1n) is 13.0. The lowest BCUT2D eigenvalue weighted by Gasteiger charge is -2.39. The first kappa shape index (κ1) is 26.1. The molecule has 1 saturated carbocycles. The van der Waals surface area contributed by atoms with Crippen LogP contribution < -0.4 is 10.6 Å². The van der Waals surface area contributed by atoms with Gasteiger partial charge in [-0.2, -0.15) is 0 Å². The number of carbonyl (C=O) groups is 3. The number of nitrogens with zero attached hydrogens (tertiary/aromatic N) is 2. The first-order chi connectivity index (χ1) is 17.2. The molecule has 2 N–H and O–H groups in total. The van der Waals surface area contributed by atoms with Crippen molar-refractivity contribution in [3.05, 3.63) is 52.1 Å². The summed E-state index contributed by atoms with van der Waals surface area (Å²) in [5, 5.41) is 5.72. The molecule has 0 radical (unpaired) electrons. The molecule has 0 unspecified atom stereocenters. The molecule has 2 aliphatic rings. The van der Waals surface area contributed by atoms with E-state index in [1.165, 1.54) is 44.2 Å². The average Bonchev–Trinajstić information content (AvgIpc) is 3.09. The Morgan fingerprint density at radius 1 is 0.972 bits per heavy atom. The third-order valence-electron chi connectivity index (χ3n) is 7.95. The van der Waals surface area contributed by atoms with Crippen molar-refractivity contribution in [2.24, 2.45) is 7.05 Å². The lowest BCUT2D eigenvalue weighted by Crippen LogP contribution is -2.49. The van der Waals surface area contributed by atoms with Crippen LogP contribution in [0.1, 0.15) is 82.6 Å². The van der Waals surface area contributed by atoms with E-state index in [0.29, 0.717) is 34.1 Å². The Hall–Kier alpha value is -3.00. The number of halogens is 1. The van der Waals surface area contributed by atoms with E-state index in [4.69, 9.17) is 0 Å². The van der Waals surface area contributed by atoms with Gasteiger partial charge in [-0.25, -0.2) is 4.39 Å². The number of aryl methyl sites for hydroxylation is 1. The van der Waals surface area contributed by atoms with Crippen molar-refractivity contribution < 1.29 is 18.8 Å². The van der Waals surface area contributed by atoms with Crippen LogP contribution in [0.4, 0.5) is 10.1 Å². The monoisotopic (exact) mass is 496 g/mol. The summed E-state index contributed by atoms with van der Waals surface area (Å²) in [4.78, 5) is 41.7. The number of anilines is 1. The number of piperidine rings is 1. The lowest BCUT2D eigenvalue weighted by molar-refractivity contribution is -0.118. The third-order valence-corrected chi connectivity index (χ3v) is 7.95. The largest absolute Gasteiger partial charge is 0.346 e. The van der Waals surface area contributed by atoms with Crippen LogP contribution in [0.5, 0.6) is 0 Å². The first-order valence-corrected chi connectivity index (χ1v) is 13.0. The standard InChI is InChI=1S/C28H37FN4O3/c1-17-16-21(10-11-23(17)29)31-27(35)24-18(2)25(32(4)19(24)3)26(34)28(36)30-20-12-14-33(15-13-20)22-8-6-5-7-9-22/h10-11,16,20,22H,5-9,12-15H2,1-4H3,(H,30,36)(H,31,35). The number of Topliss-reactive ketones (excluding diaryl/α,β-unsaturated/α-hetero) is 1. The van der Waals surface area contributed by atoms with E-state index in [0.717, 1.165) is 25.9 Å². The number of hydrogen-bond donors (Lipinski definition) is 2. The molecule has 8 heteroatoms. The van der Waals surface area contributed by atoms with Crippen LogP contribution in [-0.2, 0) is 11.8 Å². The number of benzene rings is 1. The molecular weight excluding hydrogens is 459 g/mol. The molecule has 2 heterocycles. The van der Waals surface area contributed by atoms with Gasteiger partial charge in [-0.1, -0.05) is 19.3 Å². The molecule has 36 heavy (non-hydrogen) atoms. The molecule has 7 nitrogen and oxygen atoms in total. The summed E-state index contributed by atoms with van der Waals surface area (Å²) in [5.41, 5.74) is 2.49. The predicted molar refractivity (Wildman–Crippen MR) is 138 cm³/mol. The minimum absolute atomic E-state index is 0.0209. The SMILES string of the molecule is Cc1cc(NC(=O)c2c(C)c(C(=O)C(=O)NC3CCN(C4CCCCC4)CC3)n(C)c2C)ccc1F. The Bertz CT molecular complexity index is 1160. The molecule has 1 aliphatic carbocycles. The van der Waals surface area contributed by atoms with Crippen LogP contribution in [0.25, 0.3) is 0 Å². The molecule has 4 rings (SSSR count). The molecular formula is C28H37FN4O3. The molecule has 1 aromatic heterocycles. The van der Waals surface area contributed by atoms with Crippen molar-refractivity contribution in [2.45, 2.75) is 77.8 Å². The van der Waals surface area contributed by atoms with Crippen molar-refractivity contribution in [2.75, 3.05) is 18.4 Å². The van der Waals surface area contributed by atoms with Gasteiger partial charge in [-0.3, -0.25) is 14.4 Å². The maximum atomic E-state index is 13.6. The van der Waals surface area contributed by atoms with Gasteiger partial charge in [0.05, 0.1) is 11.3 Å². The van der Waals surface area contributed by atoms with Gasteiger partial charge in [0.1, 0.15) is 5.82 Å². The summed E-state index contributed by atoms with van der Waals surface area (Å²) in [6.07, 6.45) is 8.13. The van der Waals surface area contributed by atoms with Crippen LogP contribution in [0.3, 0.4) is 0 Å². The van der Waals surface area contributed by atoms with E-state index in [1.54, 1.807) is 38.5 Å². The summed E-state index contributed by atoms with van der Waals surface area (Å²) in [7, 11) is 1.68. The van der Waals surface area contributed by atoms with E-state index < -0.39 is 17.6 Å². The highest BCUT2D eigenvalue weighted by molar-refractivity contribution is 6.43. The fraction of sp³-hybridized carbons (Fsp3) is 0.536. The van der Waals surface area contributed by atoms with Gasteiger partial charge in [0.15, 0.2) is 0 Å². The number of amides is 2. The third kappa shape index (κ3) is 5.38. The van der Waals surface area contributed by atoms with Crippen molar-refractivity contribution in [3.63, 3.8) is 0 Å². The van der Waals surface area contributed by atoms with Gasteiger partial charge in [0.2, 0.25) is 0 Å². The second-order valence-corrected chi connectivity index (χ2v) is 10.3. The maximum Gasteiger partial charge on any atom is 0.294 e. The number of likely N-dealkylation sites (tertiary alicyclic amines) is 1. The number of ketones is 1. The van der Waals surface area contributed by atoms with Crippen LogP contribution >= 0.6 is 0 Å². The lowest BCUT2D eigenvalue weighted by atomic mass is 9.92. The normalized spacial score (nSPS) is 17.7. The summed E-state index contributed by atoms with van der Waals surface area (Å²) < 4.78 is 15.2. The molecule has 0 bridgehead atoms. The highest BCUT2D eigenvalue weighted by atomic mass is 19.1. The van der Waals surface area contributed by atoms with Crippen LogP contribution in [0.2, 0.25) is 0 Å². The van der Waals surface area contributed by atoms with Gasteiger partial charge in [0, 0.05) is 43.6 Å². The van der Waals surface area contributed by atoms with Gasteiger partial charge >= 0.3 is 0 Å². The Labute approximate surface area is 212 Å². The zero-order valence-corrected chi connectivity index (χ0v) is 21.7. The molecule has 0 atom stereocenters. The van der Waals surface area contributed by atoms with Crippen molar-refractivity contribution >= 4 is 23.3 Å². The molecule has 2 amide bonds. The van der Waals surface area contributed by atoms with Crippen LogP contribution in [-0.4, -0.2) is 52.2 Å². The topological polar surface area (TPSA) is 83.4 Å². The Morgan fingerprint density at radius 2 is 1.64 bits per heavy atom. The number of rotatable bonds is 6. The minimum atomic E-state index is -0.635. The Morgan fingerprint density at radius 3 is 2.28 bits per heavy atom. The second kappa shape index (κ2) is 10.9. The van der Waals surface area contributed by atoms with Gasteiger partial charge < -0.3 is 20.1 Å². The number of carbonyl (C=O) groups excluding carboxylic acids is 3. The summed E-state index contributed by atoms with van der Waals surface area (Å²) >= 11 is 0. The summed E-state index contributed by atoms with van der Waals surface area (Å²) in [6, 6.07) is 4.99. The van der Waals surface area contributed by atoms with Gasteiger partial charge in [-0.15, -0.1) is 0 Å². The van der Waals surface area contributed by atoms with Gasteiger partial charge in [0.25, 0.3) is 17.6 Å². The molecule has 2 aromatic rings. The average molecular weight is 497 g/mol. The van der Waals surface area contributed by atoms with Crippen molar-refractivity contribution in [1.82, 2.24) is 14.8 Å². The zero-order valence-electron chi connectivity index (χ0n) is 21.7. The van der Waals surface area contributed by atoms with Crippen LogP contribution in [0.15, 0.2) is 18.2 Å². The van der Waals surface area contributed by atoms with E-state index >= 15 is 0 Å². The highest BCUT2D eigenvalue weighted by Crippen LogP contribution is 2.26. The summed E-state index contributed by atoms with van der Waals surface area (Å²) in [6.45, 7) is 6.94. The predicted octanol–water partition coefficient (Wildman–Crippen LogP) is 4.44. The second-order valence-electron chi connectivity index (χ2n) is 10.3. The summed E-state index contributed by atoms with van der Waals surface area (Å²) in [5.74, 6) is -2.01. The van der Waals surface area contributed by atoms with E-state index in [1.807, 2.05) is 0 Å². The van der Waals surface area contributed by atoms with E-state index in [2.05, 4.69) is 15.5 Å². The van der Waals surface area contributed by atoms with Crippen LogP contribution in [0, 0.1) is 26.6 Å². The maximum absolute atomic E-state index is 13.6. The molecule has 2 fully saturated rings. The number of nitrogens with one attached hydrogen (secondary N) is 2. The number of hydrogen-bond acceptors (Lipinski definition) is 4. The molecule has 1 aliphatic heterocycles. The molecule has 194 valence electrons. The Balaban J connectivity index is 1.41. The quantitative estimate of drug-likeness (QED) is 0.458. The molecule has 1 aromatic carbocycles. The number of aromatic nitrogens is 1. The van der Waals surface area contributed by atoms with E-state index in [9.17, 15) is 18.8 Å². The Kier molecular flexibility index (Phi) is 7.93. The molecule has 1 saturated heterocycles. The van der Waals surface area contributed by atoms with Crippen molar-refractivity contribution in [3.8, 4) is 0 Å². The molecule has 0 spiro atoms. The highest BCUT2D eigenvalue weighted by Gasteiger charge is 2.31.